The Kier molecular flexibility index (Phi) is 5.92. The molecule has 0 spiro atoms. The van der Waals surface area contributed by atoms with Gasteiger partial charge in [0.05, 0.1) is 6.04 Å². The Morgan fingerprint density at radius 3 is 2.88 bits per heavy atom. The topological polar surface area (TPSA) is 50.4 Å². The van der Waals surface area contributed by atoms with Gasteiger partial charge in [0, 0.05) is 22.8 Å². The van der Waals surface area contributed by atoms with Crippen molar-refractivity contribution in [2.45, 2.75) is 30.5 Å². The molecule has 1 aliphatic heterocycles. The minimum absolute atomic E-state index is 0.0179. The maximum atomic E-state index is 13.5. The normalized spacial score (nSPS) is 16.1. The molecule has 2 aromatic carbocycles. The summed E-state index contributed by atoms with van der Waals surface area (Å²) in [6.07, 6.45) is 0.680. The van der Waals surface area contributed by atoms with Gasteiger partial charge in [-0.15, -0.1) is 11.8 Å². The van der Waals surface area contributed by atoms with Gasteiger partial charge in [-0.05, 0) is 36.2 Å². The van der Waals surface area contributed by atoms with E-state index in [1.54, 1.807) is 36.0 Å². The average molecular weight is 382 g/mol. The smallest absolute Gasteiger partial charge is 0.387 e. The lowest BCUT2D eigenvalue weighted by atomic mass is 10.0. The summed E-state index contributed by atoms with van der Waals surface area (Å²) in [6, 6.07) is 10.0. The van der Waals surface area contributed by atoms with E-state index in [0.29, 0.717) is 12.0 Å². The maximum absolute atomic E-state index is 13.5. The Balaban J connectivity index is 1.62. The van der Waals surface area contributed by atoms with Crippen LogP contribution in [0, 0.1) is 5.82 Å². The summed E-state index contributed by atoms with van der Waals surface area (Å²) in [6.45, 7) is -2.90. The molecule has 1 unspecified atom stereocenters. The summed E-state index contributed by atoms with van der Waals surface area (Å²) in [5.74, 6) is 0.482. The first-order chi connectivity index (χ1) is 12.5. The third-order valence-corrected chi connectivity index (χ3v) is 5.07. The SMILES string of the molecule is O=C(NCc1ccccc1OC(F)F)NC1CCSc2ccc(F)cc21. The first kappa shape index (κ1) is 18.4. The van der Waals surface area contributed by atoms with Gasteiger partial charge in [0.2, 0.25) is 0 Å². The second-order valence-corrected chi connectivity index (χ2v) is 6.82. The van der Waals surface area contributed by atoms with Crippen molar-refractivity contribution < 1.29 is 22.7 Å². The molecule has 0 fully saturated rings. The minimum Gasteiger partial charge on any atom is -0.434 e. The predicted molar refractivity (Wildman–Crippen MR) is 92.9 cm³/mol. The van der Waals surface area contributed by atoms with Gasteiger partial charge in [-0.25, -0.2) is 9.18 Å². The molecule has 3 rings (SSSR count). The van der Waals surface area contributed by atoms with Crippen molar-refractivity contribution in [3.63, 3.8) is 0 Å². The number of hydrogen-bond acceptors (Lipinski definition) is 3. The van der Waals surface area contributed by atoms with Crippen molar-refractivity contribution in [3.05, 3.63) is 59.4 Å². The van der Waals surface area contributed by atoms with E-state index in [-0.39, 0.29) is 24.2 Å². The third kappa shape index (κ3) is 4.63. The summed E-state index contributed by atoms with van der Waals surface area (Å²) >= 11 is 1.62. The lowest BCUT2D eigenvalue weighted by Crippen LogP contribution is -2.38. The first-order valence-corrected chi connectivity index (χ1v) is 9.01. The molecule has 0 saturated heterocycles. The number of hydrogen-bond donors (Lipinski definition) is 2. The van der Waals surface area contributed by atoms with Gasteiger partial charge in [-0.1, -0.05) is 18.2 Å². The predicted octanol–water partition coefficient (Wildman–Crippen LogP) is 4.46. The van der Waals surface area contributed by atoms with Gasteiger partial charge in [0.25, 0.3) is 0 Å². The molecule has 1 heterocycles. The van der Waals surface area contributed by atoms with E-state index in [2.05, 4.69) is 15.4 Å². The molecule has 0 aliphatic carbocycles. The Morgan fingerprint density at radius 2 is 2.08 bits per heavy atom. The molecule has 1 atom stereocenters. The van der Waals surface area contributed by atoms with E-state index in [4.69, 9.17) is 0 Å². The molecule has 0 aromatic heterocycles. The molecule has 8 heteroatoms. The highest BCUT2D eigenvalue weighted by atomic mass is 32.2. The Labute approximate surface area is 153 Å². The number of amides is 2. The molecule has 2 amide bonds. The molecular formula is C18H17F3N2O2S. The van der Waals surface area contributed by atoms with E-state index in [1.807, 2.05) is 0 Å². The van der Waals surface area contributed by atoms with Crippen LogP contribution in [0.2, 0.25) is 0 Å². The summed E-state index contributed by atoms with van der Waals surface area (Å²) in [4.78, 5) is 13.1. The number of thioether (sulfide) groups is 1. The maximum Gasteiger partial charge on any atom is 0.387 e. The number of nitrogens with one attached hydrogen (secondary N) is 2. The van der Waals surface area contributed by atoms with Crippen LogP contribution in [-0.2, 0) is 6.54 Å². The van der Waals surface area contributed by atoms with Gasteiger partial charge >= 0.3 is 12.6 Å². The van der Waals surface area contributed by atoms with Gasteiger partial charge < -0.3 is 15.4 Å². The molecule has 0 saturated carbocycles. The van der Waals surface area contributed by atoms with Crippen LogP contribution in [-0.4, -0.2) is 18.4 Å². The second kappa shape index (κ2) is 8.35. The number of rotatable bonds is 5. The van der Waals surface area contributed by atoms with Crippen molar-refractivity contribution >= 4 is 17.8 Å². The summed E-state index contributed by atoms with van der Waals surface area (Å²) in [7, 11) is 0. The Hall–Kier alpha value is -2.35. The lowest BCUT2D eigenvalue weighted by Gasteiger charge is -2.26. The number of halogens is 3. The highest BCUT2D eigenvalue weighted by molar-refractivity contribution is 7.99. The third-order valence-electron chi connectivity index (χ3n) is 3.94. The number of ether oxygens (including phenoxy) is 1. The van der Waals surface area contributed by atoms with Crippen LogP contribution in [0.15, 0.2) is 47.4 Å². The van der Waals surface area contributed by atoms with Crippen LogP contribution in [0.5, 0.6) is 5.75 Å². The summed E-state index contributed by atoms with van der Waals surface area (Å²) in [5, 5.41) is 5.44. The molecule has 0 radical (unpaired) electrons. The van der Waals surface area contributed by atoms with Gasteiger partial charge in [0.15, 0.2) is 0 Å². The van der Waals surface area contributed by atoms with Crippen molar-refractivity contribution in [1.82, 2.24) is 10.6 Å². The number of carbonyl (C=O) groups excluding carboxylic acids is 1. The Bertz CT molecular complexity index is 789. The first-order valence-electron chi connectivity index (χ1n) is 8.02. The van der Waals surface area contributed by atoms with Crippen LogP contribution in [0.4, 0.5) is 18.0 Å². The lowest BCUT2D eigenvalue weighted by molar-refractivity contribution is -0.0504. The fourth-order valence-corrected chi connectivity index (χ4v) is 3.87. The molecule has 2 N–H and O–H groups in total. The number of urea groups is 1. The molecule has 2 aromatic rings. The molecule has 26 heavy (non-hydrogen) atoms. The fourth-order valence-electron chi connectivity index (χ4n) is 2.76. The van der Waals surface area contributed by atoms with Gasteiger partial charge in [0.1, 0.15) is 11.6 Å². The van der Waals surface area contributed by atoms with Crippen molar-refractivity contribution in [1.29, 1.82) is 0 Å². The van der Waals surface area contributed by atoms with E-state index >= 15 is 0 Å². The summed E-state index contributed by atoms with van der Waals surface area (Å²) < 4.78 is 42.8. The largest absolute Gasteiger partial charge is 0.434 e. The zero-order valence-electron chi connectivity index (χ0n) is 13.7. The quantitative estimate of drug-likeness (QED) is 0.803. The number of benzene rings is 2. The monoisotopic (exact) mass is 382 g/mol. The van der Waals surface area contributed by atoms with Crippen LogP contribution < -0.4 is 15.4 Å². The van der Waals surface area contributed by atoms with Gasteiger partial charge in [-0.3, -0.25) is 0 Å². The van der Waals surface area contributed by atoms with Crippen LogP contribution in [0.3, 0.4) is 0 Å². The van der Waals surface area contributed by atoms with Crippen molar-refractivity contribution in [2.24, 2.45) is 0 Å². The zero-order valence-corrected chi connectivity index (χ0v) is 14.5. The molecule has 0 bridgehead atoms. The van der Waals surface area contributed by atoms with Crippen molar-refractivity contribution in [2.75, 3.05) is 5.75 Å². The molecular weight excluding hydrogens is 365 g/mol. The zero-order chi connectivity index (χ0) is 18.5. The van der Waals surface area contributed by atoms with Crippen LogP contribution in [0.1, 0.15) is 23.6 Å². The van der Waals surface area contributed by atoms with Crippen molar-refractivity contribution in [3.8, 4) is 5.75 Å². The minimum atomic E-state index is -2.93. The van der Waals surface area contributed by atoms with Crippen LogP contribution >= 0.6 is 11.8 Å². The number of para-hydroxylation sites is 1. The highest BCUT2D eigenvalue weighted by Crippen LogP contribution is 2.36. The van der Waals surface area contributed by atoms with E-state index in [9.17, 15) is 18.0 Å². The molecule has 4 nitrogen and oxygen atoms in total. The van der Waals surface area contributed by atoms with Gasteiger partial charge in [-0.2, -0.15) is 8.78 Å². The number of carbonyl (C=O) groups is 1. The number of alkyl halides is 2. The standard InChI is InChI=1S/C18H17F3N2O2S/c19-12-5-6-16-13(9-12)14(7-8-26-16)23-18(24)22-10-11-3-1-2-4-15(11)25-17(20)21/h1-6,9,14,17H,7-8,10H2,(H2,22,23,24). The van der Waals surface area contributed by atoms with E-state index < -0.39 is 12.6 Å². The van der Waals surface area contributed by atoms with Crippen LogP contribution in [0.25, 0.3) is 0 Å². The Morgan fingerprint density at radius 1 is 1.27 bits per heavy atom. The van der Waals surface area contributed by atoms with E-state index in [0.717, 1.165) is 16.2 Å². The second-order valence-electron chi connectivity index (χ2n) is 5.69. The summed E-state index contributed by atoms with van der Waals surface area (Å²) in [5.41, 5.74) is 1.19. The molecule has 138 valence electrons. The fraction of sp³-hybridized carbons (Fsp3) is 0.278. The average Bonchev–Trinajstić information content (AvgIpc) is 2.61. The van der Waals surface area contributed by atoms with E-state index in [1.165, 1.54) is 18.2 Å². The highest BCUT2D eigenvalue weighted by Gasteiger charge is 2.23. The molecule has 1 aliphatic rings. The number of fused-ring (bicyclic) bond motifs is 1.